The molecule has 0 aliphatic carbocycles. The molecular formula is C23H38O4. The molecule has 0 N–H and O–H groups in total. The van der Waals surface area contributed by atoms with Gasteiger partial charge in [0.1, 0.15) is 0 Å². The van der Waals surface area contributed by atoms with Gasteiger partial charge in [-0.15, -0.1) is 0 Å². The van der Waals surface area contributed by atoms with E-state index in [9.17, 15) is 0 Å². The summed E-state index contributed by atoms with van der Waals surface area (Å²) in [5.41, 5.74) is 2.83. The molecule has 0 spiro atoms. The molecule has 5 atom stereocenters. The second kappa shape index (κ2) is 10.0. The molecule has 1 aromatic rings. The van der Waals surface area contributed by atoms with Gasteiger partial charge in [0, 0.05) is 5.92 Å². The smallest absolute Gasteiger partial charge is 0.161 e. The molecule has 1 aromatic carbocycles. The van der Waals surface area contributed by atoms with Crippen molar-refractivity contribution in [2.45, 2.75) is 84.9 Å². The van der Waals surface area contributed by atoms with E-state index in [0.717, 1.165) is 6.42 Å². The van der Waals surface area contributed by atoms with Gasteiger partial charge in [-0.1, -0.05) is 52.0 Å². The van der Waals surface area contributed by atoms with Crippen molar-refractivity contribution in [2.75, 3.05) is 19.8 Å². The predicted molar refractivity (Wildman–Crippen MR) is 109 cm³/mol. The van der Waals surface area contributed by atoms with Crippen LogP contribution in [-0.2, 0) is 30.8 Å². The summed E-state index contributed by atoms with van der Waals surface area (Å²) in [6, 6.07) is 8.91. The standard InChI is InChI=1S/C23H38O4/c1-16(12-20-8-10-21(11-9-20)23(5,6)7)22-26-14-18(3)24-13-17(2)25-15-19(4)27-22/h8-11,16-19,22H,12-15H2,1-7H3. The summed E-state index contributed by atoms with van der Waals surface area (Å²) in [5.74, 6) is 0.235. The Morgan fingerprint density at radius 3 is 1.93 bits per heavy atom. The molecule has 0 saturated carbocycles. The first-order valence-corrected chi connectivity index (χ1v) is 10.2. The summed E-state index contributed by atoms with van der Waals surface area (Å²) < 4.78 is 23.9. The monoisotopic (exact) mass is 378 g/mol. The van der Waals surface area contributed by atoms with E-state index in [-0.39, 0.29) is 35.9 Å². The van der Waals surface area contributed by atoms with Crippen molar-refractivity contribution in [3.63, 3.8) is 0 Å². The SMILES string of the molecule is CC1COC(C)COC(C(C)Cc2ccc(C(C)(C)C)cc2)OC(C)CO1. The quantitative estimate of drug-likeness (QED) is 0.762. The van der Waals surface area contributed by atoms with Crippen LogP contribution in [0, 0.1) is 5.92 Å². The van der Waals surface area contributed by atoms with Crippen LogP contribution >= 0.6 is 0 Å². The predicted octanol–water partition coefficient (Wildman–Crippen LogP) is 4.73. The average molecular weight is 379 g/mol. The van der Waals surface area contributed by atoms with Crippen LogP contribution in [0.25, 0.3) is 0 Å². The third-order valence-corrected chi connectivity index (χ3v) is 4.93. The molecular weight excluding hydrogens is 340 g/mol. The Kier molecular flexibility index (Phi) is 8.29. The molecule has 1 heterocycles. The topological polar surface area (TPSA) is 36.9 Å². The van der Waals surface area contributed by atoms with Crippen molar-refractivity contribution in [3.8, 4) is 0 Å². The van der Waals surface area contributed by atoms with Gasteiger partial charge >= 0.3 is 0 Å². The highest BCUT2D eigenvalue weighted by Crippen LogP contribution is 2.24. The lowest BCUT2D eigenvalue weighted by Crippen LogP contribution is -2.34. The van der Waals surface area contributed by atoms with E-state index in [4.69, 9.17) is 18.9 Å². The second-order valence-electron chi connectivity index (χ2n) is 9.06. The number of rotatable bonds is 3. The lowest BCUT2D eigenvalue weighted by Gasteiger charge is -2.28. The summed E-state index contributed by atoms with van der Waals surface area (Å²) >= 11 is 0. The van der Waals surface area contributed by atoms with Crippen LogP contribution in [-0.4, -0.2) is 44.4 Å². The lowest BCUT2D eigenvalue weighted by atomic mass is 9.86. The Labute approximate surface area is 165 Å². The molecule has 0 radical (unpaired) electrons. The lowest BCUT2D eigenvalue weighted by molar-refractivity contribution is -0.206. The van der Waals surface area contributed by atoms with E-state index in [0.29, 0.717) is 19.8 Å². The summed E-state index contributed by atoms with van der Waals surface area (Å²) in [6.07, 6.45) is 0.707. The summed E-state index contributed by atoms with van der Waals surface area (Å²) in [6.45, 7) is 16.6. The maximum atomic E-state index is 6.19. The van der Waals surface area contributed by atoms with E-state index in [1.165, 1.54) is 11.1 Å². The normalized spacial score (nSPS) is 29.7. The first-order chi connectivity index (χ1) is 12.6. The van der Waals surface area contributed by atoms with Gasteiger partial charge in [-0.2, -0.15) is 0 Å². The van der Waals surface area contributed by atoms with Crippen molar-refractivity contribution in [1.82, 2.24) is 0 Å². The minimum Gasteiger partial charge on any atom is -0.373 e. The average Bonchev–Trinajstić information content (AvgIpc) is 2.63. The zero-order valence-corrected chi connectivity index (χ0v) is 18.2. The zero-order chi connectivity index (χ0) is 20.0. The Hall–Kier alpha value is -0.940. The van der Waals surface area contributed by atoms with Crippen molar-refractivity contribution >= 4 is 0 Å². The van der Waals surface area contributed by atoms with E-state index >= 15 is 0 Å². The number of hydrogen-bond donors (Lipinski definition) is 0. The Morgan fingerprint density at radius 2 is 1.37 bits per heavy atom. The summed E-state index contributed by atoms with van der Waals surface area (Å²) in [4.78, 5) is 0. The highest BCUT2D eigenvalue weighted by molar-refractivity contribution is 5.27. The fraction of sp³-hybridized carbons (Fsp3) is 0.739. The van der Waals surface area contributed by atoms with Gasteiger partial charge in [0.05, 0.1) is 38.1 Å². The van der Waals surface area contributed by atoms with Crippen molar-refractivity contribution in [1.29, 1.82) is 0 Å². The Balaban J connectivity index is 2.01. The van der Waals surface area contributed by atoms with Gasteiger partial charge < -0.3 is 18.9 Å². The number of benzene rings is 1. The number of ether oxygens (including phenoxy) is 4. The highest BCUT2D eigenvalue weighted by Gasteiger charge is 2.24. The van der Waals surface area contributed by atoms with E-state index in [1.807, 2.05) is 20.8 Å². The van der Waals surface area contributed by atoms with Gasteiger partial charge in [0.15, 0.2) is 6.29 Å². The first kappa shape index (κ1) is 22.4. The Bertz CT molecular complexity index is 548. The highest BCUT2D eigenvalue weighted by atomic mass is 16.7. The molecule has 5 unspecified atom stereocenters. The third kappa shape index (κ3) is 7.53. The van der Waals surface area contributed by atoms with Crippen LogP contribution in [0.15, 0.2) is 24.3 Å². The Morgan fingerprint density at radius 1 is 0.852 bits per heavy atom. The third-order valence-electron chi connectivity index (χ3n) is 4.93. The molecule has 1 fully saturated rings. The van der Waals surface area contributed by atoms with Gasteiger partial charge in [-0.3, -0.25) is 0 Å². The van der Waals surface area contributed by atoms with Crippen molar-refractivity contribution in [3.05, 3.63) is 35.4 Å². The maximum absolute atomic E-state index is 6.19. The molecule has 4 nitrogen and oxygen atoms in total. The first-order valence-electron chi connectivity index (χ1n) is 10.2. The van der Waals surface area contributed by atoms with Crippen LogP contribution in [0.4, 0.5) is 0 Å². The molecule has 1 saturated heterocycles. The van der Waals surface area contributed by atoms with Crippen LogP contribution in [0.2, 0.25) is 0 Å². The van der Waals surface area contributed by atoms with Crippen molar-refractivity contribution in [2.24, 2.45) is 5.92 Å². The van der Waals surface area contributed by atoms with E-state index in [2.05, 4.69) is 52.0 Å². The van der Waals surface area contributed by atoms with Gasteiger partial charge in [0.25, 0.3) is 0 Å². The molecule has 0 bridgehead atoms. The minimum atomic E-state index is -0.273. The maximum Gasteiger partial charge on any atom is 0.161 e. The number of hydrogen-bond acceptors (Lipinski definition) is 4. The summed E-state index contributed by atoms with van der Waals surface area (Å²) in [5, 5.41) is 0. The van der Waals surface area contributed by atoms with E-state index in [1.54, 1.807) is 0 Å². The second-order valence-corrected chi connectivity index (χ2v) is 9.06. The minimum absolute atomic E-state index is 0.0171. The molecule has 1 aliphatic rings. The summed E-state index contributed by atoms with van der Waals surface area (Å²) in [7, 11) is 0. The van der Waals surface area contributed by atoms with E-state index < -0.39 is 0 Å². The fourth-order valence-electron chi connectivity index (χ4n) is 3.14. The molecule has 2 rings (SSSR count). The van der Waals surface area contributed by atoms with Gasteiger partial charge in [-0.25, -0.2) is 0 Å². The van der Waals surface area contributed by atoms with Gasteiger partial charge in [-0.05, 0) is 43.7 Å². The van der Waals surface area contributed by atoms with Crippen LogP contribution in [0.1, 0.15) is 59.6 Å². The van der Waals surface area contributed by atoms with Crippen LogP contribution in [0.3, 0.4) is 0 Å². The molecule has 154 valence electrons. The van der Waals surface area contributed by atoms with Crippen LogP contribution < -0.4 is 0 Å². The molecule has 4 heteroatoms. The van der Waals surface area contributed by atoms with Gasteiger partial charge in [0.2, 0.25) is 0 Å². The molecule has 0 aromatic heterocycles. The fourth-order valence-corrected chi connectivity index (χ4v) is 3.14. The largest absolute Gasteiger partial charge is 0.373 e. The molecule has 0 amide bonds. The van der Waals surface area contributed by atoms with Crippen molar-refractivity contribution < 1.29 is 18.9 Å². The molecule has 1 aliphatic heterocycles. The molecule has 27 heavy (non-hydrogen) atoms. The van der Waals surface area contributed by atoms with Crippen LogP contribution in [0.5, 0.6) is 0 Å². The zero-order valence-electron chi connectivity index (χ0n) is 18.2.